The highest BCUT2D eigenvalue weighted by Crippen LogP contribution is 2.40. The Morgan fingerprint density at radius 3 is 2.42 bits per heavy atom. The number of nitrogens with one attached hydrogen (secondary N) is 1. The van der Waals surface area contributed by atoms with E-state index >= 15 is 0 Å². The van der Waals surface area contributed by atoms with Crippen LogP contribution in [0.25, 0.3) is 0 Å². The van der Waals surface area contributed by atoms with Gasteiger partial charge in [0, 0.05) is 13.1 Å². The van der Waals surface area contributed by atoms with Crippen LogP contribution in [0, 0.1) is 11.8 Å². The molecule has 1 aliphatic carbocycles. The van der Waals surface area contributed by atoms with Crippen LogP contribution in [0.5, 0.6) is 0 Å². The first kappa shape index (κ1) is 16.9. The van der Waals surface area contributed by atoms with E-state index in [-0.39, 0.29) is 12.1 Å². The van der Waals surface area contributed by atoms with Crippen molar-refractivity contribution in [3.05, 3.63) is 0 Å². The molecule has 0 aromatic rings. The van der Waals surface area contributed by atoms with E-state index in [9.17, 15) is 5.11 Å². The van der Waals surface area contributed by atoms with Crippen LogP contribution in [0.15, 0.2) is 0 Å². The Morgan fingerprint density at radius 1 is 1.32 bits per heavy atom. The average molecular weight is 270 g/mol. The summed E-state index contributed by atoms with van der Waals surface area (Å²) in [6, 6.07) is 0. The van der Waals surface area contributed by atoms with Gasteiger partial charge in [0.1, 0.15) is 0 Å². The number of hydrogen-bond donors (Lipinski definition) is 2. The lowest BCUT2D eigenvalue weighted by Gasteiger charge is -2.39. The van der Waals surface area contributed by atoms with E-state index in [1.54, 1.807) is 0 Å². The third-order valence-corrected chi connectivity index (χ3v) is 4.59. The zero-order valence-corrected chi connectivity index (χ0v) is 13.4. The van der Waals surface area contributed by atoms with Crippen LogP contribution in [0.3, 0.4) is 0 Å². The molecule has 114 valence electrons. The summed E-state index contributed by atoms with van der Waals surface area (Å²) >= 11 is 0. The van der Waals surface area contributed by atoms with Crippen LogP contribution in [0.1, 0.15) is 53.4 Å². The number of aliphatic hydroxyl groups excluding tert-OH is 1. The number of hydrogen-bond acceptors (Lipinski definition) is 3. The van der Waals surface area contributed by atoms with Crippen LogP contribution >= 0.6 is 0 Å². The molecule has 3 heteroatoms. The maximum absolute atomic E-state index is 9.96. The van der Waals surface area contributed by atoms with Crippen molar-refractivity contribution >= 4 is 0 Å². The zero-order valence-electron chi connectivity index (χ0n) is 13.4. The highest BCUT2D eigenvalue weighted by molar-refractivity contribution is 5.02. The third kappa shape index (κ3) is 5.05. The molecule has 0 heterocycles. The van der Waals surface area contributed by atoms with Crippen LogP contribution in [0.4, 0.5) is 0 Å². The SMILES string of the molecule is CCCNC(CO)(CN(CC)CC(C)CC)C1CC1. The van der Waals surface area contributed by atoms with E-state index in [1.165, 1.54) is 19.3 Å². The van der Waals surface area contributed by atoms with E-state index in [4.69, 9.17) is 0 Å². The summed E-state index contributed by atoms with van der Waals surface area (Å²) in [5.74, 6) is 1.41. The van der Waals surface area contributed by atoms with Gasteiger partial charge < -0.3 is 15.3 Å². The Labute approximate surface area is 119 Å². The normalized spacial score (nSPS) is 20.5. The minimum absolute atomic E-state index is 0.0561. The van der Waals surface area contributed by atoms with E-state index in [2.05, 4.69) is 37.9 Å². The largest absolute Gasteiger partial charge is 0.394 e. The fourth-order valence-corrected chi connectivity index (χ4v) is 2.85. The van der Waals surface area contributed by atoms with Crippen molar-refractivity contribution in [2.45, 2.75) is 58.9 Å². The van der Waals surface area contributed by atoms with Crippen molar-refractivity contribution in [2.24, 2.45) is 11.8 Å². The minimum atomic E-state index is -0.0561. The molecular weight excluding hydrogens is 236 g/mol. The first-order valence-corrected chi connectivity index (χ1v) is 8.20. The van der Waals surface area contributed by atoms with Crippen molar-refractivity contribution in [3.8, 4) is 0 Å². The van der Waals surface area contributed by atoms with Gasteiger partial charge in [0.2, 0.25) is 0 Å². The molecule has 0 saturated heterocycles. The smallest absolute Gasteiger partial charge is 0.0628 e. The van der Waals surface area contributed by atoms with Crippen LogP contribution in [0.2, 0.25) is 0 Å². The van der Waals surface area contributed by atoms with Crippen LogP contribution in [-0.2, 0) is 0 Å². The maximum Gasteiger partial charge on any atom is 0.0628 e. The fraction of sp³-hybridized carbons (Fsp3) is 1.00. The molecule has 19 heavy (non-hydrogen) atoms. The van der Waals surface area contributed by atoms with Gasteiger partial charge in [0.25, 0.3) is 0 Å². The van der Waals surface area contributed by atoms with Gasteiger partial charge in [-0.1, -0.05) is 34.1 Å². The Morgan fingerprint density at radius 2 is 2.00 bits per heavy atom. The van der Waals surface area contributed by atoms with Gasteiger partial charge in [0.05, 0.1) is 12.1 Å². The quantitative estimate of drug-likeness (QED) is 0.605. The van der Waals surface area contributed by atoms with Gasteiger partial charge in [0.15, 0.2) is 0 Å². The summed E-state index contributed by atoms with van der Waals surface area (Å²) in [6.07, 6.45) is 4.91. The lowest BCUT2D eigenvalue weighted by Crippen LogP contribution is -2.58. The molecule has 0 radical (unpaired) electrons. The van der Waals surface area contributed by atoms with Gasteiger partial charge in [-0.05, 0) is 44.2 Å². The summed E-state index contributed by atoms with van der Waals surface area (Å²) in [5, 5.41) is 13.6. The Bertz CT molecular complexity index is 243. The van der Waals surface area contributed by atoms with Crippen LogP contribution in [-0.4, -0.2) is 48.3 Å². The van der Waals surface area contributed by atoms with Crippen molar-refractivity contribution in [2.75, 3.05) is 32.8 Å². The number of rotatable bonds is 11. The molecular formula is C16H34N2O. The van der Waals surface area contributed by atoms with Gasteiger partial charge in [-0.25, -0.2) is 0 Å². The zero-order chi connectivity index (χ0) is 14.3. The van der Waals surface area contributed by atoms with Crippen molar-refractivity contribution in [1.29, 1.82) is 0 Å². The molecule has 2 unspecified atom stereocenters. The van der Waals surface area contributed by atoms with Crippen molar-refractivity contribution in [1.82, 2.24) is 10.2 Å². The molecule has 1 aliphatic rings. The first-order valence-electron chi connectivity index (χ1n) is 8.20. The Hall–Kier alpha value is -0.120. The van der Waals surface area contributed by atoms with Gasteiger partial charge >= 0.3 is 0 Å². The van der Waals surface area contributed by atoms with E-state index in [1.807, 2.05) is 0 Å². The first-order chi connectivity index (χ1) is 9.11. The minimum Gasteiger partial charge on any atom is -0.394 e. The van der Waals surface area contributed by atoms with E-state index in [0.29, 0.717) is 5.92 Å². The molecule has 0 aromatic heterocycles. The number of nitrogens with zero attached hydrogens (tertiary/aromatic N) is 1. The molecule has 0 amide bonds. The lowest BCUT2D eigenvalue weighted by molar-refractivity contribution is 0.0862. The fourth-order valence-electron chi connectivity index (χ4n) is 2.85. The summed E-state index contributed by atoms with van der Waals surface area (Å²) in [7, 11) is 0. The molecule has 0 aliphatic heterocycles. The van der Waals surface area contributed by atoms with Crippen LogP contribution < -0.4 is 5.32 Å². The van der Waals surface area contributed by atoms with Crippen molar-refractivity contribution < 1.29 is 5.11 Å². The molecule has 2 N–H and O–H groups in total. The summed E-state index contributed by atoms with van der Waals surface area (Å²) < 4.78 is 0. The predicted octanol–water partition coefficient (Wildman–Crippen LogP) is 2.50. The molecule has 0 spiro atoms. The molecule has 1 saturated carbocycles. The highest BCUT2D eigenvalue weighted by atomic mass is 16.3. The summed E-state index contributed by atoms with van der Waals surface area (Å²) in [4.78, 5) is 2.52. The molecule has 3 nitrogen and oxygen atoms in total. The Kier molecular flexibility index (Phi) is 7.33. The number of likely N-dealkylation sites (N-methyl/N-ethyl adjacent to an activating group) is 1. The topological polar surface area (TPSA) is 35.5 Å². The molecule has 2 atom stereocenters. The molecule has 0 bridgehead atoms. The second-order valence-corrected chi connectivity index (χ2v) is 6.36. The molecule has 0 aromatic carbocycles. The lowest BCUT2D eigenvalue weighted by atomic mass is 9.92. The average Bonchev–Trinajstić information content (AvgIpc) is 3.27. The second-order valence-electron chi connectivity index (χ2n) is 6.36. The standard InChI is InChI=1S/C16H34N2O/c1-5-10-17-16(13-19,15-8-9-15)12-18(7-3)11-14(4)6-2/h14-15,17,19H,5-13H2,1-4H3. The summed E-state index contributed by atoms with van der Waals surface area (Å²) in [6.45, 7) is 13.5. The van der Waals surface area contributed by atoms with E-state index < -0.39 is 0 Å². The van der Waals surface area contributed by atoms with Gasteiger partial charge in [-0.3, -0.25) is 0 Å². The highest BCUT2D eigenvalue weighted by Gasteiger charge is 2.45. The summed E-state index contributed by atoms with van der Waals surface area (Å²) in [5.41, 5.74) is -0.0561. The van der Waals surface area contributed by atoms with Gasteiger partial charge in [-0.2, -0.15) is 0 Å². The monoisotopic (exact) mass is 270 g/mol. The van der Waals surface area contributed by atoms with E-state index in [0.717, 1.165) is 38.5 Å². The number of aliphatic hydroxyl groups is 1. The molecule has 1 rings (SSSR count). The van der Waals surface area contributed by atoms with Gasteiger partial charge in [-0.15, -0.1) is 0 Å². The third-order valence-electron chi connectivity index (χ3n) is 4.59. The second kappa shape index (κ2) is 8.23. The maximum atomic E-state index is 9.96. The Balaban J connectivity index is 2.62. The molecule has 1 fully saturated rings. The van der Waals surface area contributed by atoms with Crippen molar-refractivity contribution in [3.63, 3.8) is 0 Å². The predicted molar refractivity (Wildman–Crippen MR) is 82.4 cm³/mol.